The van der Waals surface area contributed by atoms with Crippen molar-refractivity contribution in [1.82, 2.24) is 14.9 Å². The first-order chi connectivity index (χ1) is 19.9. The normalized spacial score (nSPS) is 19.1. The van der Waals surface area contributed by atoms with Gasteiger partial charge in [0.15, 0.2) is 6.04 Å². The van der Waals surface area contributed by atoms with Gasteiger partial charge in [0.25, 0.3) is 0 Å². The molecule has 2 saturated heterocycles. The first-order valence-electron chi connectivity index (χ1n) is 13.3. The maximum absolute atomic E-state index is 14.3. The molecule has 3 aromatic rings. The number of methoxy groups -OCH3 is 2. The van der Waals surface area contributed by atoms with Crippen molar-refractivity contribution in [1.29, 1.82) is 0 Å². The van der Waals surface area contributed by atoms with Crippen LogP contribution in [-0.4, -0.2) is 81.4 Å². The van der Waals surface area contributed by atoms with Gasteiger partial charge in [0, 0.05) is 37.4 Å². The molecule has 0 radical (unpaired) electrons. The van der Waals surface area contributed by atoms with Crippen LogP contribution in [-0.2, 0) is 29.7 Å². The van der Waals surface area contributed by atoms with Crippen LogP contribution < -0.4 is 10.1 Å². The molecule has 0 unspecified atom stereocenters. The van der Waals surface area contributed by atoms with E-state index in [9.17, 15) is 26.4 Å². The Morgan fingerprint density at radius 2 is 1.79 bits per heavy atom. The molecule has 2 fully saturated rings. The number of carbonyl (C=O) groups excluding carboxylic acids is 1. The Morgan fingerprint density at radius 1 is 1.12 bits per heavy atom. The fourth-order valence-electron chi connectivity index (χ4n) is 5.46. The molecular weight excluding hydrogens is 577 g/mol. The Balaban J connectivity index is 1.44. The van der Waals surface area contributed by atoms with E-state index in [1.54, 1.807) is 25.4 Å². The van der Waals surface area contributed by atoms with Crippen LogP contribution in [0, 0.1) is 5.92 Å². The van der Waals surface area contributed by atoms with Crippen LogP contribution in [0.4, 0.5) is 24.5 Å². The van der Waals surface area contributed by atoms with Gasteiger partial charge in [-0.2, -0.15) is 13.2 Å². The third-order valence-corrected chi connectivity index (χ3v) is 9.58. The van der Waals surface area contributed by atoms with E-state index in [1.165, 1.54) is 31.4 Å². The minimum Gasteiger partial charge on any atom is -0.481 e. The number of carbonyl (C=O) groups is 1. The number of nitrogens with one attached hydrogen (secondary N) is 1. The van der Waals surface area contributed by atoms with Crippen LogP contribution >= 0.6 is 0 Å². The van der Waals surface area contributed by atoms with Crippen LogP contribution in [0.5, 0.6) is 5.88 Å². The highest BCUT2D eigenvalue weighted by molar-refractivity contribution is 7.91. The molecule has 42 heavy (non-hydrogen) atoms. The van der Waals surface area contributed by atoms with E-state index in [4.69, 9.17) is 14.2 Å². The highest BCUT2D eigenvalue weighted by Crippen LogP contribution is 2.43. The lowest BCUT2D eigenvalue weighted by atomic mass is 9.89. The highest BCUT2D eigenvalue weighted by Gasteiger charge is 2.47. The topological polar surface area (TPSA) is 120 Å². The van der Waals surface area contributed by atoms with Crippen LogP contribution in [0.15, 0.2) is 42.6 Å². The van der Waals surface area contributed by atoms with E-state index in [0.717, 1.165) is 7.05 Å². The van der Waals surface area contributed by atoms with Gasteiger partial charge in [0.1, 0.15) is 21.0 Å². The van der Waals surface area contributed by atoms with E-state index < -0.39 is 39.5 Å². The van der Waals surface area contributed by atoms with E-state index >= 15 is 0 Å². The number of sulfone groups is 1. The Labute approximate surface area is 241 Å². The maximum Gasteiger partial charge on any atom is 0.413 e. The third kappa shape index (κ3) is 5.75. The zero-order valence-corrected chi connectivity index (χ0v) is 24.1. The summed E-state index contributed by atoms with van der Waals surface area (Å²) in [6.07, 6.45) is -3.13. The quantitative estimate of drug-likeness (QED) is 0.402. The lowest BCUT2D eigenvalue weighted by Crippen LogP contribution is -2.48. The van der Waals surface area contributed by atoms with Crippen molar-refractivity contribution in [2.75, 3.05) is 51.3 Å². The summed E-state index contributed by atoms with van der Waals surface area (Å²) in [6.45, 7) is 0.547. The van der Waals surface area contributed by atoms with Gasteiger partial charge in [-0.3, -0.25) is 9.78 Å². The number of aromatic nitrogens is 2. The van der Waals surface area contributed by atoms with Crippen molar-refractivity contribution in [3.8, 4) is 5.88 Å². The number of ether oxygens (including phenoxy) is 3. The smallest absolute Gasteiger partial charge is 0.413 e. The molecule has 2 aliphatic rings. The standard InChI is InChI=1S/C28H31F3N4O6S/c1-35(26(36)18-10-12-42(37,38)13-11-18)25(28(29,30)31)17-4-6-19(7-5-17)33-21-14-32-20-8-9-22(39-2)34-24(20)23(21)27(40-3)15-41-16-27/h4-9,14,18,25,33H,10-13,15-16H2,1-3H3/t25-/m0/s1. The maximum atomic E-state index is 14.3. The molecule has 1 N–H and O–H groups in total. The van der Waals surface area contributed by atoms with Gasteiger partial charge in [-0.15, -0.1) is 0 Å². The molecule has 1 aromatic carbocycles. The van der Waals surface area contributed by atoms with Gasteiger partial charge in [-0.1, -0.05) is 12.1 Å². The first-order valence-corrected chi connectivity index (χ1v) is 15.1. The van der Waals surface area contributed by atoms with Crippen LogP contribution in [0.1, 0.15) is 30.0 Å². The monoisotopic (exact) mass is 608 g/mol. The Bertz CT molecular complexity index is 1560. The van der Waals surface area contributed by atoms with Crippen molar-refractivity contribution < 1.29 is 40.6 Å². The molecule has 14 heteroatoms. The summed E-state index contributed by atoms with van der Waals surface area (Å²) in [6, 6.07) is 6.86. The van der Waals surface area contributed by atoms with E-state index in [0.29, 0.717) is 38.8 Å². The lowest BCUT2D eigenvalue weighted by molar-refractivity contribution is -0.201. The fraction of sp³-hybridized carbons (Fsp3) is 0.464. The largest absolute Gasteiger partial charge is 0.481 e. The van der Waals surface area contributed by atoms with Gasteiger partial charge in [0.2, 0.25) is 11.8 Å². The number of fused-ring (bicyclic) bond motifs is 1. The van der Waals surface area contributed by atoms with Gasteiger partial charge in [-0.25, -0.2) is 13.4 Å². The second-order valence-electron chi connectivity index (χ2n) is 10.5. The Hall–Kier alpha value is -3.49. The molecule has 4 heterocycles. The van der Waals surface area contributed by atoms with Crippen molar-refractivity contribution in [3.63, 3.8) is 0 Å². The van der Waals surface area contributed by atoms with E-state index in [2.05, 4.69) is 15.3 Å². The van der Waals surface area contributed by atoms with Crippen LogP contribution in [0.25, 0.3) is 11.0 Å². The Morgan fingerprint density at radius 3 is 2.33 bits per heavy atom. The lowest BCUT2D eigenvalue weighted by Gasteiger charge is -2.41. The summed E-state index contributed by atoms with van der Waals surface area (Å²) < 4.78 is 82.9. The van der Waals surface area contributed by atoms with Crippen LogP contribution in [0.2, 0.25) is 0 Å². The number of rotatable bonds is 8. The number of benzene rings is 1. The number of amides is 1. The molecule has 0 saturated carbocycles. The number of pyridine rings is 2. The summed E-state index contributed by atoms with van der Waals surface area (Å²) >= 11 is 0. The third-order valence-electron chi connectivity index (χ3n) is 7.87. The zero-order chi connectivity index (χ0) is 30.3. The average molecular weight is 609 g/mol. The van der Waals surface area contributed by atoms with Crippen LogP contribution in [0.3, 0.4) is 0 Å². The van der Waals surface area contributed by atoms with Crippen molar-refractivity contribution in [2.45, 2.75) is 30.7 Å². The van der Waals surface area contributed by atoms with Crippen molar-refractivity contribution >= 4 is 38.2 Å². The van der Waals surface area contributed by atoms with E-state index in [1.807, 2.05) is 0 Å². The summed E-state index contributed by atoms with van der Waals surface area (Å²) in [4.78, 5) is 22.7. The SMILES string of the molecule is COc1ccc2ncc(Nc3ccc([C@H](N(C)C(=O)C4CCS(=O)(=O)CC4)C(F)(F)F)cc3)c(C3(OC)COC3)c2n1. The second kappa shape index (κ2) is 11.3. The summed E-state index contributed by atoms with van der Waals surface area (Å²) in [5.41, 5.74) is 1.89. The first kappa shape index (κ1) is 30.0. The summed E-state index contributed by atoms with van der Waals surface area (Å²) in [5.74, 6) is -1.54. The average Bonchev–Trinajstić information content (AvgIpc) is 2.93. The minimum absolute atomic E-state index is 0.00973. The molecule has 226 valence electrons. The summed E-state index contributed by atoms with van der Waals surface area (Å²) in [5, 5.41) is 3.23. The minimum atomic E-state index is -4.75. The van der Waals surface area contributed by atoms with Gasteiger partial charge < -0.3 is 24.4 Å². The second-order valence-corrected chi connectivity index (χ2v) is 12.8. The highest BCUT2D eigenvalue weighted by atomic mass is 32.2. The number of nitrogens with zero attached hydrogens (tertiary/aromatic N) is 3. The molecule has 1 atom stereocenters. The van der Waals surface area contributed by atoms with Crippen molar-refractivity contribution in [3.05, 3.63) is 53.7 Å². The molecule has 2 aromatic heterocycles. The molecule has 0 bridgehead atoms. The van der Waals surface area contributed by atoms with Gasteiger partial charge >= 0.3 is 6.18 Å². The molecule has 5 rings (SSSR count). The van der Waals surface area contributed by atoms with Crippen molar-refractivity contribution in [2.24, 2.45) is 5.92 Å². The molecule has 1 amide bonds. The fourth-order valence-corrected chi connectivity index (χ4v) is 6.95. The Kier molecular flexibility index (Phi) is 8.07. The number of hydrogen-bond acceptors (Lipinski definition) is 9. The predicted molar refractivity (Wildman–Crippen MR) is 148 cm³/mol. The summed E-state index contributed by atoms with van der Waals surface area (Å²) in [7, 11) is 0.909. The molecule has 2 aliphatic heterocycles. The number of anilines is 2. The zero-order valence-electron chi connectivity index (χ0n) is 23.3. The number of hydrogen-bond donors (Lipinski definition) is 1. The predicted octanol–water partition coefficient (Wildman–Crippen LogP) is 4.14. The number of alkyl halides is 3. The van der Waals surface area contributed by atoms with E-state index in [-0.39, 0.29) is 43.1 Å². The molecule has 0 aliphatic carbocycles. The number of halogens is 3. The molecule has 0 spiro atoms. The molecule has 10 nitrogen and oxygen atoms in total. The van der Waals surface area contributed by atoms with Gasteiger partial charge in [0.05, 0.1) is 49.2 Å². The molecular formula is C28H31F3N4O6S. The van der Waals surface area contributed by atoms with Gasteiger partial charge in [-0.05, 0) is 36.6 Å².